The quantitative estimate of drug-likeness (QED) is 0.505. The molecule has 3 N–H and O–H groups in total. The summed E-state index contributed by atoms with van der Waals surface area (Å²) in [6.07, 6.45) is 1.49. The van der Waals surface area contributed by atoms with Crippen molar-refractivity contribution in [2.45, 2.75) is 22.2 Å². The molecule has 0 spiro atoms. The smallest absolute Gasteiger partial charge is 0.250 e. The van der Waals surface area contributed by atoms with Gasteiger partial charge in [-0.25, -0.2) is 4.98 Å². The van der Waals surface area contributed by atoms with Crippen LogP contribution in [0.4, 0.5) is 5.95 Å². The van der Waals surface area contributed by atoms with Crippen LogP contribution < -0.4 is 11.1 Å². The second-order valence-corrected chi connectivity index (χ2v) is 9.86. The van der Waals surface area contributed by atoms with Gasteiger partial charge in [-0.15, -0.1) is 0 Å². The summed E-state index contributed by atoms with van der Waals surface area (Å²) in [5.74, 6) is 0.779. The SMILES string of the molecule is NC1(CNc2nc(-c3ccc(-c4ccccc4)cc3)nc(C(Cl)(Cl)Cl)n2)CCOCC1. The van der Waals surface area contributed by atoms with Crippen LogP contribution in [0.3, 0.4) is 0 Å². The average molecular weight is 479 g/mol. The summed E-state index contributed by atoms with van der Waals surface area (Å²) in [5, 5.41) is 3.20. The number of alkyl halides is 3. The third-order valence-corrected chi connectivity index (χ3v) is 5.73. The van der Waals surface area contributed by atoms with Crippen molar-refractivity contribution in [2.75, 3.05) is 25.1 Å². The van der Waals surface area contributed by atoms with Crippen molar-refractivity contribution >= 4 is 40.8 Å². The second-order valence-electron chi connectivity index (χ2n) is 7.58. The maximum Gasteiger partial charge on any atom is 0.250 e. The molecule has 1 aromatic heterocycles. The van der Waals surface area contributed by atoms with Gasteiger partial charge in [0.05, 0.1) is 0 Å². The van der Waals surface area contributed by atoms with Crippen molar-refractivity contribution in [2.24, 2.45) is 5.73 Å². The monoisotopic (exact) mass is 477 g/mol. The summed E-state index contributed by atoms with van der Waals surface area (Å²) in [7, 11) is 0. The average Bonchev–Trinajstić information content (AvgIpc) is 2.78. The summed E-state index contributed by atoms with van der Waals surface area (Å²) in [5.41, 5.74) is 9.06. The molecule has 2 aromatic carbocycles. The number of nitrogens with zero attached hydrogens (tertiary/aromatic N) is 3. The van der Waals surface area contributed by atoms with Crippen LogP contribution in [0, 0.1) is 0 Å². The van der Waals surface area contributed by atoms with Crippen LogP contribution in [0.5, 0.6) is 0 Å². The van der Waals surface area contributed by atoms with E-state index < -0.39 is 9.33 Å². The zero-order valence-corrected chi connectivity index (χ0v) is 19.0. The third kappa shape index (κ3) is 5.64. The van der Waals surface area contributed by atoms with Gasteiger partial charge in [0, 0.05) is 30.9 Å². The first-order chi connectivity index (χ1) is 14.8. The molecule has 6 nitrogen and oxygen atoms in total. The molecule has 0 aliphatic carbocycles. The molecule has 162 valence electrons. The van der Waals surface area contributed by atoms with Crippen molar-refractivity contribution in [1.82, 2.24) is 15.0 Å². The number of hydrogen-bond acceptors (Lipinski definition) is 6. The summed E-state index contributed by atoms with van der Waals surface area (Å²) in [6.45, 7) is 1.74. The van der Waals surface area contributed by atoms with E-state index >= 15 is 0 Å². The molecule has 9 heteroatoms. The lowest BCUT2D eigenvalue weighted by atomic mass is 9.91. The minimum absolute atomic E-state index is 0.0511. The van der Waals surface area contributed by atoms with Gasteiger partial charge in [0.25, 0.3) is 0 Å². The van der Waals surface area contributed by atoms with Crippen molar-refractivity contribution in [3.8, 4) is 22.5 Å². The van der Waals surface area contributed by atoms with Gasteiger partial charge < -0.3 is 15.8 Å². The zero-order valence-electron chi connectivity index (χ0n) is 16.7. The summed E-state index contributed by atoms with van der Waals surface area (Å²) in [6, 6.07) is 18.0. The van der Waals surface area contributed by atoms with Gasteiger partial charge in [0.15, 0.2) is 11.6 Å². The van der Waals surface area contributed by atoms with Crippen molar-refractivity contribution < 1.29 is 4.74 Å². The highest BCUT2D eigenvalue weighted by molar-refractivity contribution is 6.66. The van der Waals surface area contributed by atoms with Gasteiger partial charge in [0.2, 0.25) is 9.74 Å². The Morgan fingerprint density at radius 3 is 2.13 bits per heavy atom. The molecule has 0 saturated carbocycles. The van der Waals surface area contributed by atoms with Crippen molar-refractivity contribution in [3.05, 3.63) is 60.4 Å². The Kier molecular flexibility index (Phi) is 6.65. The lowest BCUT2D eigenvalue weighted by Crippen LogP contribution is -2.50. The predicted molar refractivity (Wildman–Crippen MR) is 125 cm³/mol. The van der Waals surface area contributed by atoms with Gasteiger partial charge in [-0.2, -0.15) is 9.97 Å². The standard InChI is InChI=1S/C22H22Cl3N5O/c23-22(24,25)19-28-18(17-8-6-16(7-9-17)15-4-2-1-3-5-15)29-20(30-19)27-14-21(26)10-12-31-13-11-21/h1-9H,10-14,26H2,(H,27,28,29,30). The molecule has 4 rings (SSSR count). The zero-order chi connectivity index (χ0) is 21.9. The molecule has 0 radical (unpaired) electrons. The van der Waals surface area contributed by atoms with Crippen LogP contribution in [-0.2, 0) is 8.53 Å². The minimum atomic E-state index is -1.78. The van der Waals surface area contributed by atoms with E-state index in [2.05, 4.69) is 32.4 Å². The molecule has 1 saturated heterocycles. The lowest BCUT2D eigenvalue weighted by molar-refractivity contribution is 0.0574. The number of aromatic nitrogens is 3. The fraction of sp³-hybridized carbons (Fsp3) is 0.318. The second kappa shape index (κ2) is 9.27. The topological polar surface area (TPSA) is 86.0 Å². The molecule has 31 heavy (non-hydrogen) atoms. The molecule has 2 heterocycles. The molecular formula is C22H22Cl3N5O. The highest BCUT2D eigenvalue weighted by Crippen LogP contribution is 2.37. The van der Waals surface area contributed by atoms with Gasteiger partial charge in [0.1, 0.15) is 0 Å². The number of nitrogens with two attached hydrogens (primary N) is 1. The fourth-order valence-electron chi connectivity index (χ4n) is 3.36. The van der Waals surface area contributed by atoms with Gasteiger partial charge in [-0.05, 0) is 24.0 Å². The van der Waals surface area contributed by atoms with Crippen molar-refractivity contribution in [1.29, 1.82) is 0 Å². The molecule has 0 atom stereocenters. The van der Waals surface area contributed by atoms with E-state index in [-0.39, 0.29) is 5.82 Å². The van der Waals surface area contributed by atoms with Crippen LogP contribution in [0.25, 0.3) is 22.5 Å². The van der Waals surface area contributed by atoms with Gasteiger partial charge in [-0.3, -0.25) is 0 Å². The van der Waals surface area contributed by atoms with Gasteiger partial charge >= 0.3 is 0 Å². The normalized spacial score (nSPS) is 16.1. The Hall–Kier alpha value is -1.96. The predicted octanol–water partition coefficient (Wildman–Crippen LogP) is 4.95. The minimum Gasteiger partial charge on any atom is -0.381 e. The molecule has 1 aliphatic heterocycles. The summed E-state index contributed by atoms with van der Waals surface area (Å²) >= 11 is 18.2. The van der Waals surface area contributed by atoms with E-state index in [1.165, 1.54) is 0 Å². The summed E-state index contributed by atoms with van der Waals surface area (Å²) in [4.78, 5) is 13.2. The Morgan fingerprint density at radius 1 is 0.871 bits per heavy atom. The van der Waals surface area contributed by atoms with Gasteiger partial charge in [-0.1, -0.05) is 89.4 Å². The molecule has 0 amide bonds. The van der Waals surface area contributed by atoms with Crippen LogP contribution >= 0.6 is 34.8 Å². The number of nitrogens with one attached hydrogen (secondary N) is 1. The first-order valence-corrected chi connectivity index (χ1v) is 11.1. The largest absolute Gasteiger partial charge is 0.381 e. The Morgan fingerprint density at radius 2 is 1.48 bits per heavy atom. The van der Waals surface area contributed by atoms with E-state index in [9.17, 15) is 0 Å². The molecule has 1 aliphatic rings. The highest BCUT2D eigenvalue weighted by Gasteiger charge is 2.30. The van der Waals surface area contributed by atoms with E-state index in [4.69, 9.17) is 45.3 Å². The fourth-order valence-corrected chi connectivity index (χ4v) is 3.62. The summed E-state index contributed by atoms with van der Waals surface area (Å²) < 4.78 is 3.62. The van der Waals surface area contributed by atoms with Crippen molar-refractivity contribution in [3.63, 3.8) is 0 Å². The maximum absolute atomic E-state index is 6.46. The first-order valence-electron chi connectivity index (χ1n) is 9.92. The van der Waals surface area contributed by atoms with E-state index in [1.54, 1.807) is 0 Å². The lowest BCUT2D eigenvalue weighted by Gasteiger charge is -2.33. The van der Waals surface area contributed by atoms with E-state index in [1.807, 2.05) is 42.5 Å². The van der Waals surface area contributed by atoms with E-state index in [0.717, 1.165) is 29.5 Å². The Balaban J connectivity index is 1.61. The number of hydrogen-bond donors (Lipinski definition) is 2. The molecular weight excluding hydrogens is 457 g/mol. The number of anilines is 1. The molecule has 0 bridgehead atoms. The molecule has 3 aromatic rings. The number of benzene rings is 2. The third-order valence-electron chi connectivity index (χ3n) is 5.23. The number of rotatable bonds is 5. The number of ether oxygens (including phenoxy) is 1. The first kappa shape index (κ1) is 22.2. The molecule has 0 unspecified atom stereocenters. The van der Waals surface area contributed by atoms with Crippen LogP contribution in [-0.4, -0.2) is 40.2 Å². The Bertz CT molecular complexity index is 1020. The van der Waals surface area contributed by atoms with Crippen LogP contribution in [0.2, 0.25) is 0 Å². The van der Waals surface area contributed by atoms with Crippen LogP contribution in [0.15, 0.2) is 54.6 Å². The molecule has 1 fully saturated rings. The van der Waals surface area contributed by atoms with E-state index in [0.29, 0.717) is 31.5 Å². The highest BCUT2D eigenvalue weighted by atomic mass is 35.6. The Labute approximate surface area is 196 Å². The maximum atomic E-state index is 6.46. The van der Waals surface area contributed by atoms with Crippen LogP contribution in [0.1, 0.15) is 18.7 Å². The number of halogens is 3.